The summed E-state index contributed by atoms with van der Waals surface area (Å²) in [5.41, 5.74) is -2.55. The average Bonchev–Trinajstić information content (AvgIpc) is 2.82. The van der Waals surface area contributed by atoms with Crippen LogP contribution in [0.3, 0.4) is 0 Å². The van der Waals surface area contributed by atoms with E-state index in [1.54, 1.807) is 14.0 Å². The van der Waals surface area contributed by atoms with Crippen molar-refractivity contribution in [1.82, 2.24) is 5.01 Å². The van der Waals surface area contributed by atoms with Gasteiger partial charge in [-0.15, -0.1) is 11.8 Å². The Labute approximate surface area is 147 Å². The number of hydrogen-bond acceptors (Lipinski definition) is 5. The Morgan fingerprint density at radius 1 is 1.52 bits per heavy atom. The zero-order chi connectivity index (χ0) is 18.8. The first kappa shape index (κ1) is 19.1. The van der Waals surface area contributed by atoms with Gasteiger partial charge in [0.25, 0.3) is 5.91 Å². The molecule has 1 aromatic carbocycles. The Kier molecular flexibility index (Phi) is 5.32. The minimum atomic E-state index is -4.67. The fourth-order valence-electron chi connectivity index (χ4n) is 2.42. The number of benzene rings is 1. The normalized spacial score (nSPS) is 20.2. The summed E-state index contributed by atoms with van der Waals surface area (Å²) >= 11 is 1.52. The molecule has 0 saturated heterocycles. The van der Waals surface area contributed by atoms with E-state index in [0.29, 0.717) is 6.42 Å². The Balaban J connectivity index is 2.23. The number of carbonyl (C=O) groups is 1. The van der Waals surface area contributed by atoms with Crippen molar-refractivity contribution in [2.75, 3.05) is 18.1 Å². The number of carbonyl (C=O) groups excluding carboxylic acids is 1. The molecule has 1 amide bonds. The molecule has 1 heterocycles. The zero-order valence-corrected chi connectivity index (χ0v) is 14.8. The number of amides is 1. The van der Waals surface area contributed by atoms with Gasteiger partial charge in [-0.25, -0.2) is 0 Å². The summed E-state index contributed by atoms with van der Waals surface area (Å²) in [7, 11) is 1.66. The van der Waals surface area contributed by atoms with E-state index in [-0.39, 0.29) is 5.69 Å². The van der Waals surface area contributed by atoms with Crippen LogP contribution in [-0.2, 0) is 11.0 Å². The van der Waals surface area contributed by atoms with E-state index < -0.39 is 28.7 Å². The topological polar surface area (TPSA) is 68.5 Å². The molecule has 1 unspecified atom stereocenters. The van der Waals surface area contributed by atoms with Gasteiger partial charge in [0.05, 0.1) is 22.2 Å². The molecule has 134 valence electrons. The number of hydrazone groups is 1. The van der Waals surface area contributed by atoms with Gasteiger partial charge >= 0.3 is 6.18 Å². The summed E-state index contributed by atoms with van der Waals surface area (Å²) in [4.78, 5) is 12.6. The monoisotopic (exact) mass is 370 g/mol. The molecule has 9 heteroatoms. The minimum Gasteiger partial charge on any atom is -0.324 e. The van der Waals surface area contributed by atoms with Crippen molar-refractivity contribution < 1.29 is 18.0 Å². The van der Waals surface area contributed by atoms with E-state index in [0.717, 1.165) is 22.9 Å². The second kappa shape index (κ2) is 6.96. The average molecular weight is 370 g/mol. The molecule has 0 radical (unpaired) electrons. The third-order valence-corrected chi connectivity index (χ3v) is 4.82. The third kappa shape index (κ3) is 3.90. The third-order valence-electron chi connectivity index (χ3n) is 3.97. The molecule has 1 atom stereocenters. The van der Waals surface area contributed by atoms with E-state index in [4.69, 9.17) is 5.26 Å². The maximum absolute atomic E-state index is 13.0. The van der Waals surface area contributed by atoms with E-state index in [1.807, 2.05) is 6.92 Å². The first-order valence-electron chi connectivity index (χ1n) is 7.48. The summed E-state index contributed by atoms with van der Waals surface area (Å²) < 4.78 is 39.1. The van der Waals surface area contributed by atoms with Gasteiger partial charge < -0.3 is 5.32 Å². The van der Waals surface area contributed by atoms with Crippen LogP contribution in [-0.4, -0.2) is 34.3 Å². The molecule has 0 saturated carbocycles. The Bertz CT molecular complexity index is 757. The van der Waals surface area contributed by atoms with Crippen LogP contribution in [0.25, 0.3) is 0 Å². The number of likely N-dealkylation sites (N-methyl/N-ethyl adjacent to an activating group) is 1. The van der Waals surface area contributed by atoms with Gasteiger partial charge in [0.2, 0.25) is 0 Å². The van der Waals surface area contributed by atoms with Crippen molar-refractivity contribution in [1.29, 1.82) is 5.26 Å². The molecule has 1 aromatic rings. The molecule has 0 aromatic heterocycles. The molecule has 1 N–H and O–H groups in total. The van der Waals surface area contributed by atoms with Crippen molar-refractivity contribution in [2.24, 2.45) is 5.10 Å². The van der Waals surface area contributed by atoms with E-state index >= 15 is 0 Å². The second-order valence-corrected chi connectivity index (χ2v) is 7.06. The molecule has 0 spiro atoms. The summed E-state index contributed by atoms with van der Waals surface area (Å²) in [6.07, 6.45) is -4.29. The number of thioether (sulfide) groups is 1. The molecule has 2 rings (SSSR count). The van der Waals surface area contributed by atoms with Crippen molar-refractivity contribution >= 4 is 28.4 Å². The van der Waals surface area contributed by atoms with Crippen LogP contribution in [0.5, 0.6) is 0 Å². The highest BCUT2D eigenvalue weighted by Crippen LogP contribution is 2.35. The predicted molar refractivity (Wildman–Crippen MR) is 91.1 cm³/mol. The van der Waals surface area contributed by atoms with Crippen molar-refractivity contribution in [3.05, 3.63) is 29.3 Å². The Morgan fingerprint density at radius 3 is 2.76 bits per heavy atom. The standard InChI is InChI=1S/C16H17F3N4OS/c1-4-25-13-8-15(2,23(3)22-13)14(24)21-11-6-5-10(9-20)12(7-11)16(17,18)19/h5-7H,4,8H2,1-3H3,(H,21,24). The first-order chi connectivity index (χ1) is 11.6. The Morgan fingerprint density at radius 2 is 2.20 bits per heavy atom. The smallest absolute Gasteiger partial charge is 0.324 e. The fraction of sp³-hybridized carbons (Fsp3) is 0.438. The lowest BCUT2D eigenvalue weighted by molar-refractivity contribution is -0.137. The summed E-state index contributed by atoms with van der Waals surface area (Å²) in [6, 6.07) is 4.62. The number of nitrogens with one attached hydrogen (secondary N) is 1. The number of halogens is 3. The number of alkyl halides is 3. The molecule has 25 heavy (non-hydrogen) atoms. The van der Waals surface area contributed by atoms with Crippen LogP contribution in [0.1, 0.15) is 31.4 Å². The number of hydrogen-bond donors (Lipinski definition) is 1. The highest BCUT2D eigenvalue weighted by Gasteiger charge is 2.43. The van der Waals surface area contributed by atoms with Gasteiger partial charge in [-0.1, -0.05) is 6.92 Å². The SMILES string of the molecule is CCSC1=NN(C)C(C)(C(=O)Nc2ccc(C#N)c(C(F)(F)F)c2)C1. The lowest BCUT2D eigenvalue weighted by Crippen LogP contribution is -2.48. The van der Waals surface area contributed by atoms with Crippen LogP contribution in [0.4, 0.5) is 18.9 Å². The van der Waals surface area contributed by atoms with Crippen LogP contribution < -0.4 is 5.32 Å². The molecular weight excluding hydrogens is 353 g/mol. The number of anilines is 1. The highest BCUT2D eigenvalue weighted by molar-refractivity contribution is 8.13. The summed E-state index contributed by atoms with van der Waals surface area (Å²) in [6.45, 7) is 3.65. The zero-order valence-electron chi connectivity index (χ0n) is 13.9. The lowest BCUT2D eigenvalue weighted by Gasteiger charge is -2.29. The van der Waals surface area contributed by atoms with Gasteiger partial charge in [-0.05, 0) is 30.9 Å². The van der Waals surface area contributed by atoms with Crippen LogP contribution in [0, 0.1) is 11.3 Å². The van der Waals surface area contributed by atoms with Gasteiger partial charge in [-0.2, -0.15) is 23.5 Å². The number of nitrogens with zero attached hydrogens (tertiary/aromatic N) is 3. The number of nitriles is 1. The Hall–Kier alpha value is -2.21. The van der Waals surface area contributed by atoms with Crippen LogP contribution in [0.15, 0.2) is 23.3 Å². The second-order valence-electron chi connectivity index (χ2n) is 5.73. The maximum atomic E-state index is 13.0. The summed E-state index contributed by atoms with van der Waals surface area (Å²) in [5, 5.41) is 18.0. The van der Waals surface area contributed by atoms with E-state index in [1.165, 1.54) is 28.9 Å². The van der Waals surface area contributed by atoms with Crippen molar-refractivity contribution in [2.45, 2.75) is 32.0 Å². The van der Waals surface area contributed by atoms with Gasteiger partial charge in [0.1, 0.15) is 5.54 Å². The van der Waals surface area contributed by atoms with E-state index in [2.05, 4.69) is 10.4 Å². The van der Waals surface area contributed by atoms with Gasteiger partial charge in [-0.3, -0.25) is 9.80 Å². The van der Waals surface area contributed by atoms with Crippen LogP contribution >= 0.6 is 11.8 Å². The highest BCUT2D eigenvalue weighted by atomic mass is 32.2. The van der Waals surface area contributed by atoms with E-state index in [9.17, 15) is 18.0 Å². The van der Waals surface area contributed by atoms with Crippen LogP contribution in [0.2, 0.25) is 0 Å². The molecule has 0 aliphatic carbocycles. The molecule has 0 fully saturated rings. The predicted octanol–water partition coefficient (Wildman–Crippen LogP) is 3.68. The lowest BCUT2D eigenvalue weighted by atomic mass is 9.97. The van der Waals surface area contributed by atoms with Gasteiger partial charge in [0, 0.05) is 19.2 Å². The quantitative estimate of drug-likeness (QED) is 0.881. The molecule has 0 bridgehead atoms. The summed E-state index contributed by atoms with van der Waals surface area (Å²) in [5.74, 6) is 0.359. The fourth-order valence-corrected chi connectivity index (χ4v) is 3.31. The minimum absolute atomic E-state index is 0.0115. The first-order valence-corrected chi connectivity index (χ1v) is 8.47. The largest absolute Gasteiger partial charge is 0.417 e. The van der Waals surface area contributed by atoms with Gasteiger partial charge in [0.15, 0.2) is 0 Å². The molecule has 5 nitrogen and oxygen atoms in total. The molecular formula is C16H17F3N4OS. The molecule has 1 aliphatic rings. The number of rotatable bonds is 3. The van der Waals surface area contributed by atoms with Crippen molar-refractivity contribution in [3.8, 4) is 6.07 Å². The molecule has 1 aliphatic heterocycles. The van der Waals surface area contributed by atoms with Crippen molar-refractivity contribution in [3.63, 3.8) is 0 Å². The maximum Gasteiger partial charge on any atom is 0.417 e.